The monoisotopic (exact) mass is 296 g/mol. The van der Waals surface area contributed by atoms with E-state index in [9.17, 15) is 4.79 Å². The first-order valence-corrected chi connectivity index (χ1v) is 7.29. The SMILES string of the molecule is CCCCC(CN)NC(=O)C1(c2ccccc2)CC1.Cl. The van der Waals surface area contributed by atoms with E-state index in [1.54, 1.807) is 0 Å². The highest BCUT2D eigenvalue weighted by Crippen LogP contribution is 2.48. The van der Waals surface area contributed by atoms with Crippen molar-refractivity contribution in [2.75, 3.05) is 6.54 Å². The van der Waals surface area contributed by atoms with Gasteiger partial charge in [0.15, 0.2) is 0 Å². The second-order valence-electron chi connectivity index (χ2n) is 5.50. The first-order chi connectivity index (χ1) is 9.23. The molecule has 0 spiro atoms. The molecule has 1 amide bonds. The van der Waals surface area contributed by atoms with Crippen LogP contribution in [0.5, 0.6) is 0 Å². The van der Waals surface area contributed by atoms with Gasteiger partial charge in [0.2, 0.25) is 5.91 Å². The molecule has 2 rings (SSSR count). The molecule has 1 aromatic rings. The summed E-state index contributed by atoms with van der Waals surface area (Å²) in [4.78, 5) is 12.5. The Balaban J connectivity index is 0.00000200. The summed E-state index contributed by atoms with van der Waals surface area (Å²) in [5.74, 6) is 0.158. The van der Waals surface area contributed by atoms with E-state index < -0.39 is 0 Å². The lowest BCUT2D eigenvalue weighted by atomic mass is 9.94. The zero-order valence-electron chi connectivity index (χ0n) is 12.1. The van der Waals surface area contributed by atoms with Crippen molar-refractivity contribution in [3.8, 4) is 0 Å². The Morgan fingerprint density at radius 1 is 1.35 bits per heavy atom. The van der Waals surface area contributed by atoms with Gasteiger partial charge in [0, 0.05) is 12.6 Å². The van der Waals surface area contributed by atoms with Crippen LogP contribution in [0.25, 0.3) is 0 Å². The number of hydrogen-bond acceptors (Lipinski definition) is 2. The molecule has 1 fully saturated rings. The second kappa shape index (κ2) is 7.65. The summed E-state index contributed by atoms with van der Waals surface area (Å²) in [6.07, 6.45) is 5.13. The molecule has 0 saturated heterocycles. The van der Waals surface area contributed by atoms with Crippen LogP contribution in [0, 0.1) is 0 Å². The first kappa shape index (κ1) is 17.0. The third-order valence-corrected chi connectivity index (χ3v) is 4.04. The maximum Gasteiger partial charge on any atom is 0.230 e. The van der Waals surface area contributed by atoms with Crippen molar-refractivity contribution in [2.24, 2.45) is 5.73 Å². The van der Waals surface area contributed by atoms with E-state index in [0.717, 1.165) is 37.7 Å². The van der Waals surface area contributed by atoms with E-state index in [2.05, 4.69) is 24.4 Å². The van der Waals surface area contributed by atoms with Crippen LogP contribution in [0.3, 0.4) is 0 Å². The number of unbranched alkanes of at least 4 members (excludes halogenated alkanes) is 1. The third-order valence-electron chi connectivity index (χ3n) is 4.04. The van der Waals surface area contributed by atoms with Gasteiger partial charge in [-0.3, -0.25) is 4.79 Å². The van der Waals surface area contributed by atoms with Gasteiger partial charge in [-0.2, -0.15) is 0 Å². The van der Waals surface area contributed by atoms with Gasteiger partial charge in [-0.25, -0.2) is 0 Å². The zero-order valence-corrected chi connectivity index (χ0v) is 12.9. The smallest absolute Gasteiger partial charge is 0.230 e. The number of carbonyl (C=O) groups is 1. The summed E-state index contributed by atoms with van der Waals surface area (Å²) < 4.78 is 0. The number of nitrogens with one attached hydrogen (secondary N) is 1. The van der Waals surface area contributed by atoms with Crippen molar-refractivity contribution in [3.63, 3.8) is 0 Å². The lowest BCUT2D eigenvalue weighted by Crippen LogP contribution is -2.45. The number of halogens is 1. The highest BCUT2D eigenvalue weighted by atomic mass is 35.5. The molecule has 4 heteroatoms. The molecule has 1 aliphatic rings. The summed E-state index contributed by atoms with van der Waals surface area (Å²) in [6, 6.07) is 10.2. The van der Waals surface area contributed by atoms with Crippen LogP contribution in [0.4, 0.5) is 0 Å². The number of carbonyl (C=O) groups excluding carboxylic acids is 1. The third kappa shape index (κ3) is 3.74. The van der Waals surface area contributed by atoms with Gasteiger partial charge in [-0.15, -0.1) is 12.4 Å². The fraction of sp³-hybridized carbons (Fsp3) is 0.562. The van der Waals surface area contributed by atoms with E-state index >= 15 is 0 Å². The van der Waals surface area contributed by atoms with Crippen LogP contribution in [-0.2, 0) is 10.2 Å². The number of amides is 1. The van der Waals surface area contributed by atoms with Crippen LogP contribution in [0.1, 0.15) is 44.6 Å². The van der Waals surface area contributed by atoms with Gasteiger partial charge in [0.1, 0.15) is 0 Å². The Bertz CT molecular complexity index is 418. The lowest BCUT2D eigenvalue weighted by Gasteiger charge is -2.21. The molecule has 1 saturated carbocycles. The predicted octanol–water partition coefficient (Wildman–Crippen LogP) is 2.77. The van der Waals surface area contributed by atoms with Crippen LogP contribution in [0.2, 0.25) is 0 Å². The van der Waals surface area contributed by atoms with Crippen LogP contribution < -0.4 is 11.1 Å². The van der Waals surface area contributed by atoms with E-state index in [1.807, 2.05) is 18.2 Å². The first-order valence-electron chi connectivity index (χ1n) is 7.29. The Hall–Kier alpha value is -1.06. The van der Waals surface area contributed by atoms with E-state index in [-0.39, 0.29) is 29.8 Å². The fourth-order valence-electron chi connectivity index (χ4n) is 2.55. The number of nitrogens with two attached hydrogens (primary N) is 1. The summed E-state index contributed by atoms with van der Waals surface area (Å²) in [7, 11) is 0. The van der Waals surface area contributed by atoms with E-state index in [0.29, 0.717) is 6.54 Å². The standard InChI is InChI=1S/C16H24N2O.ClH/c1-2-3-9-14(12-17)18-15(19)16(10-11-16)13-7-5-4-6-8-13;/h4-8,14H,2-3,9-12,17H2,1H3,(H,18,19);1H. The Labute approximate surface area is 127 Å². The van der Waals surface area contributed by atoms with Gasteiger partial charge < -0.3 is 11.1 Å². The Kier molecular flexibility index (Phi) is 6.50. The number of benzene rings is 1. The summed E-state index contributed by atoms with van der Waals surface area (Å²) in [5, 5.41) is 3.14. The fourth-order valence-corrected chi connectivity index (χ4v) is 2.55. The Morgan fingerprint density at radius 3 is 2.50 bits per heavy atom. The van der Waals surface area contributed by atoms with Crippen molar-refractivity contribution in [1.29, 1.82) is 0 Å². The van der Waals surface area contributed by atoms with Crippen molar-refractivity contribution in [2.45, 2.75) is 50.5 Å². The van der Waals surface area contributed by atoms with Crippen molar-refractivity contribution >= 4 is 18.3 Å². The molecule has 0 bridgehead atoms. The highest BCUT2D eigenvalue weighted by Gasteiger charge is 2.51. The maximum atomic E-state index is 12.5. The molecule has 3 N–H and O–H groups in total. The summed E-state index contributed by atoms with van der Waals surface area (Å²) in [6.45, 7) is 2.68. The topological polar surface area (TPSA) is 55.1 Å². The van der Waals surface area contributed by atoms with Gasteiger partial charge in [0.05, 0.1) is 5.41 Å². The minimum Gasteiger partial charge on any atom is -0.351 e. The summed E-state index contributed by atoms with van der Waals surface area (Å²) >= 11 is 0. The molecule has 1 atom stereocenters. The normalized spacial score (nSPS) is 16.9. The van der Waals surface area contributed by atoms with Gasteiger partial charge in [-0.1, -0.05) is 50.1 Å². The predicted molar refractivity (Wildman–Crippen MR) is 85.1 cm³/mol. The molecule has 0 radical (unpaired) electrons. The minimum atomic E-state index is -0.277. The van der Waals surface area contributed by atoms with Gasteiger partial charge in [0.25, 0.3) is 0 Å². The molecule has 1 aromatic carbocycles. The lowest BCUT2D eigenvalue weighted by molar-refractivity contribution is -0.124. The number of rotatable bonds is 7. The molecule has 3 nitrogen and oxygen atoms in total. The number of hydrogen-bond donors (Lipinski definition) is 2. The second-order valence-corrected chi connectivity index (χ2v) is 5.50. The van der Waals surface area contributed by atoms with Crippen molar-refractivity contribution < 1.29 is 4.79 Å². The summed E-state index contributed by atoms with van der Waals surface area (Å²) in [5.41, 5.74) is 6.61. The molecule has 1 unspecified atom stereocenters. The molecule has 112 valence electrons. The van der Waals surface area contributed by atoms with Crippen LogP contribution >= 0.6 is 12.4 Å². The van der Waals surface area contributed by atoms with Crippen molar-refractivity contribution in [3.05, 3.63) is 35.9 Å². The molecular weight excluding hydrogens is 272 g/mol. The van der Waals surface area contributed by atoms with Crippen LogP contribution in [0.15, 0.2) is 30.3 Å². The molecule has 0 aromatic heterocycles. The maximum absolute atomic E-state index is 12.5. The average Bonchev–Trinajstić information content (AvgIpc) is 3.26. The average molecular weight is 297 g/mol. The van der Waals surface area contributed by atoms with Gasteiger partial charge >= 0.3 is 0 Å². The van der Waals surface area contributed by atoms with Crippen LogP contribution in [-0.4, -0.2) is 18.5 Å². The molecule has 0 heterocycles. The zero-order chi connectivity index (χ0) is 13.7. The molecule has 20 heavy (non-hydrogen) atoms. The highest BCUT2D eigenvalue weighted by molar-refractivity contribution is 5.91. The van der Waals surface area contributed by atoms with E-state index in [1.165, 1.54) is 0 Å². The van der Waals surface area contributed by atoms with E-state index in [4.69, 9.17) is 5.73 Å². The minimum absolute atomic E-state index is 0. The quantitative estimate of drug-likeness (QED) is 0.813. The van der Waals surface area contributed by atoms with Gasteiger partial charge in [-0.05, 0) is 24.8 Å². The van der Waals surface area contributed by atoms with Crippen molar-refractivity contribution in [1.82, 2.24) is 5.32 Å². The molecular formula is C16H25ClN2O. The molecule has 0 aliphatic heterocycles. The molecule has 1 aliphatic carbocycles. The Morgan fingerprint density at radius 2 is 2.00 bits per heavy atom. The largest absolute Gasteiger partial charge is 0.351 e.